The lowest BCUT2D eigenvalue weighted by atomic mass is 10.2. The smallest absolute Gasteiger partial charge is 0.226 e. The number of hydrogen-bond acceptors (Lipinski definition) is 2. The third kappa shape index (κ3) is 4.92. The van der Waals surface area contributed by atoms with Crippen molar-refractivity contribution in [3.05, 3.63) is 59.9 Å². The quantitative estimate of drug-likeness (QED) is 0.918. The van der Waals surface area contributed by atoms with Gasteiger partial charge in [0.15, 0.2) is 0 Å². The number of carbonyl (C=O) groups is 2. The number of nitrogens with one attached hydrogen (secondary N) is 1. The molecule has 2 aromatic carbocycles. The highest BCUT2D eigenvalue weighted by atomic mass is 19.1. The van der Waals surface area contributed by atoms with Crippen LogP contribution in [-0.4, -0.2) is 18.4 Å². The molecule has 0 aliphatic rings. The molecule has 5 heteroatoms. The fourth-order valence-corrected chi connectivity index (χ4v) is 2.27. The lowest BCUT2D eigenvalue weighted by molar-refractivity contribution is -0.117. The Labute approximate surface area is 134 Å². The van der Waals surface area contributed by atoms with Gasteiger partial charge in [-0.15, -0.1) is 0 Å². The van der Waals surface area contributed by atoms with E-state index in [2.05, 4.69) is 5.32 Å². The van der Waals surface area contributed by atoms with Crippen LogP contribution in [0, 0.1) is 12.7 Å². The SMILES string of the molecule is CC(=O)N(CCC(=O)Nc1cccc(F)c1)c1cccc(C)c1. The second-order valence-electron chi connectivity index (χ2n) is 5.32. The van der Waals surface area contributed by atoms with E-state index in [0.717, 1.165) is 11.3 Å². The third-order valence-corrected chi connectivity index (χ3v) is 3.36. The van der Waals surface area contributed by atoms with Crippen molar-refractivity contribution in [2.24, 2.45) is 0 Å². The summed E-state index contributed by atoms with van der Waals surface area (Å²) in [6, 6.07) is 13.2. The summed E-state index contributed by atoms with van der Waals surface area (Å²) in [4.78, 5) is 25.3. The van der Waals surface area contributed by atoms with Crippen LogP contribution in [0.1, 0.15) is 18.9 Å². The Kier molecular flexibility index (Phi) is 5.46. The minimum atomic E-state index is -0.409. The van der Waals surface area contributed by atoms with Crippen LogP contribution >= 0.6 is 0 Å². The molecule has 0 radical (unpaired) electrons. The van der Waals surface area contributed by atoms with E-state index in [4.69, 9.17) is 0 Å². The number of anilines is 2. The first kappa shape index (κ1) is 16.7. The Balaban J connectivity index is 1.99. The average molecular weight is 314 g/mol. The fraction of sp³-hybridized carbons (Fsp3) is 0.222. The first-order valence-corrected chi connectivity index (χ1v) is 7.36. The topological polar surface area (TPSA) is 49.4 Å². The molecule has 0 bridgehead atoms. The van der Waals surface area contributed by atoms with E-state index >= 15 is 0 Å². The Morgan fingerprint density at radius 1 is 1.13 bits per heavy atom. The first-order valence-electron chi connectivity index (χ1n) is 7.36. The normalized spacial score (nSPS) is 10.2. The van der Waals surface area contributed by atoms with Gasteiger partial charge in [0.25, 0.3) is 0 Å². The number of aryl methyl sites for hydroxylation is 1. The van der Waals surface area contributed by atoms with Gasteiger partial charge in [0.05, 0.1) is 0 Å². The molecule has 0 aliphatic carbocycles. The van der Waals surface area contributed by atoms with Gasteiger partial charge in [0.2, 0.25) is 11.8 Å². The second kappa shape index (κ2) is 7.54. The van der Waals surface area contributed by atoms with Crippen molar-refractivity contribution in [1.82, 2.24) is 0 Å². The molecule has 1 N–H and O–H groups in total. The summed E-state index contributed by atoms with van der Waals surface area (Å²) in [5.41, 5.74) is 2.20. The van der Waals surface area contributed by atoms with Gasteiger partial charge < -0.3 is 10.2 Å². The Morgan fingerprint density at radius 3 is 2.52 bits per heavy atom. The van der Waals surface area contributed by atoms with Crippen LogP contribution in [0.3, 0.4) is 0 Å². The molecule has 120 valence electrons. The lowest BCUT2D eigenvalue weighted by Crippen LogP contribution is -2.32. The maximum atomic E-state index is 13.1. The number of carbonyl (C=O) groups excluding carboxylic acids is 2. The maximum absolute atomic E-state index is 13.1. The van der Waals surface area contributed by atoms with Crippen LogP contribution in [0.4, 0.5) is 15.8 Å². The van der Waals surface area contributed by atoms with Crippen LogP contribution in [0.2, 0.25) is 0 Å². The summed E-state index contributed by atoms with van der Waals surface area (Å²) >= 11 is 0. The third-order valence-electron chi connectivity index (χ3n) is 3.36. The molecule has 2 rings (SSSR count). The van der Waals surface area contributed by atoms with Gasteiger partial charge in [-0.25, -0.2) is 4.39 Å². The standard InChI is InChI=1S/C18H19FN2O2/c1-13-5-3-8-17(11-13)21(14(2)22)10-9-18(23)20-16-7-4-6-15(19)12-16/h3-8,11-12H,9-10H2,1-2H3,(H,20,23). The Bertz CT molecular complexity index is 716. The van der Waals surface area contributed by atoms with Crippen LogP contribution in [-0.2, 0) is 9.59 Å². The van der Waals surface area contributed by atoms with E-state index in [0.29, 0.717) is 5.69 Å². The van der Waals surface area contributed by atoms with Crippen molar-refractivity contribution in [3.63, 3.8) is 0 Å². The summed E-state index contributed by atoms with van der Waals surface area (Å²) < 4.78 is 13.1. The number of halogens is 1. The minimum Gasteiger partial charge on any atom is -0.326 e. The molecule has 4 nitrogen and oxygen atoms in total. The van der Waals surface area contributed by atoms with E-state index in [-0.39, 0.29) is 24.8 Å². The van der Waals surface area contributed by atoms with E-state index < -0.39 is 5.82 Å². The van der Waals surface area contributed by atoms with Crippen LogP contribution in [0.15, 0.2) is 48.5 Å². The summed E-state index contributed by atoms with van der Waals surface area (Å²) in [7, 11) is 0. The summed E-state index contributed by atoms with van der Waals surface area (Å²) in [6.45, 7) is 3.67. The Morgan fingerprint density at radius 2 is 1.87 bits per heavy atom. The van der Waals surface area contributed by atoms with Crippen molar-refractivity contribution in [3.8, 4) is 0 Å². The lowest BCUT2D eigenvalue weighted by Gasteiger charge is -2.21. The van der Waals surface area contributed by atoms with E-state index in [1.165, 1.54) is 25.1 Å². The molecule has 2 amide bonds. The largest absolute Gasteiger partial charge is 0.326 e. The van der Waals surface area contributed by atoms with Gasteiger partial charge in [-0.3, -0.25) is 9.59 Å². The van der Waals surface area contributed by atoms with Crippen molar-refractivity contribution < 1.29 is 14.0 Å². The highest BCUT2D eigenvalue weighted by molar-refractivity contribution is 5.94. The zero-order valence-electron chi connectivity index (χ0n) is 13.2. The van der Waals surface area contributed by atoms with E-state index in [1.54, 1.807) is 11.0 Å². The van der Waals surface area contributed by atoms with Gasteiger partial charge >= 0.3 is 0 Å². The molecule has 0 aliphatic heterocycles. The number of benzene rings is 2. The maximum Gasteiger partial charge on any atom is 0.226 e. The average Bonchev–Trinajstić information content (AvgIpc) is 2.47. The molecule has 0 saturated carbocycles. The molecule has 0 saturated heterocycles. The predicted molar refractivity (Wildman–Crippen MR) is 88.9 cm³/mol. The molecule has 23 heavy (non-hydrogen) atoms. The molecule has 0 aromatic heterocycles. The predicted octanol–water partition coefficient (Wildman–Crippen LogP) is 3.52. The highest BCUT2D eigenvalue weighted by Crippen LogP contribution is 2.17. The van der Waals surface area contributed by atoms with Crippen LogP contribution < -0.4 is 10.2 Å². The zero-order chi connectivity index (χ0) is 16.8. The second-order valence-corrected chi connectivity index (χ2v) is 5.32. The van der Waals surface area contributed by atoms with Crippen molar-refractivity contribution >= 4 is 23.2 Å². The van der Waals surface area contributed by atoms with Crippen LogP contribution in [0.5, 0.6) is 0 Å². The number of rotatable bonds is 5. The van der Waals surface area contributed by atoms with E-state index in [1.807, 2.05) is 31.2 Å². The van der Waals surface area contributed by atoms with Crippen molar-refractivity contribution in [2.45, 2.75) is 20.3 Å². The van der Waals surface area contributed by atoms with E-state index in [9.17, 15) is 14.0 Å². The van der Waals surface area contributed by atoms with Crippen LogP contribution in [0.25, 0.3) is 0 Å². The van der Waals surface area contributed by atoms with Gasteiger partial charge in [-0.05, 0) is 42.8 Å². The van der Waals surface area contributed by atoms with Crippen molar-refractivity contribution in [1.29, 1.82) is 0 Å². The fourth-order valence-electron chi connectivity index (χ4n) is 2.27. The highest BCUT2D eigenvalue weighted by Gasteiger charge is 2.13. The number of hydrogen-bond donors (Lipinski definition) is 1. The Hall–Kier alpha value is -2.69. The summed E-state index contributed by atoms with van der Waals surface area (Å²) in [5.74, 6) is -0.809. The molecule has 0 spiro atoms. The summed E-state index contributed by atoms with van der Waals surface area (Å²) in [5, 5.41) is 2.62. The zero-order valence-corrected chi connectivity index (χ0v) is 13.2. The van der Waals surface area contributed by atoms with Gasteiger partial charge in [-0.1, -0.05) is 18.2 Å². The minimum absolute atomic E-state index is 0.129. The monoisotopic (exact) mass is 314 g/mol. The van der Waals surface area contributed by atoms with Crippen molar-refractivity contribution in [2.75, 3.05) is 16.8 Å². The molecule has 0 atom stereocenters. The summed E-state index contributed by atoms with van der Waals surface area (Å²) in [6.07, 6.45) is 0.129. The molecule has 0 heterocycles. The van der Waals surface area contributed by atoms with Gasteiger partial charge in [0.1, 0.15) is 5.82 Å². The number of amides is 2. The molecular weight excluding hydrogens is 295 g/mol. The molecule has 0 unspecified atom stereocenters. The molecule has 2 aromatic rings. The first-order chi connectivity index (χ1) is 11.0. The van der Waals surface area contributed by atoms with Gasteiger partial charge in [-0.2, -0.15) is 0 Å². The molecular formula is C18H19FN2O2. The van der Waals surface area contributed by atoms with Gasteiger partial charge in [0, 0.05) is 31.3 Å². The molecule has 0 fully saturated rings. The number of nitrogens with zero attached hydrogens (tertiary/aromatic N) is 1.